The Hall–Kier alpha value is -3.03. The van der Waals surface area contributed by atoms with Crippen LogP contribution in [0.5, 0.6) is 5.75 Å². The fourth-order valence-corrected chi connectivity index (χ4v) is 4.74. The molecule has 1 atom stereocenters. The van der Waals surface area contributed by atoms with E-state index >= 15 is 0 Å². The molecule has 0 fully saturated rings. The van der Waals surface area contributed by atoms with E-state index in [-0.39, 0.29) is 22.4 Å². The van der Waals surface area contributed by atoms with E-state index in [4.69, 9.17) is 4.74 Å². The molecule has 0 aromatic heterocycles. The predicted molar refractivity (Wildman–Crippen MR) is 103 cm³/mol. The third-order valence-electron chi connectivity index (χ3n) is 3.61. The Bertz CT molecular complexity index is 944. The number of carbonyl (C=O) groups is 3. The first kappa shape index (κ1) is 22.3. The summed E-state index contributed by atoms with van der Waals surface area (Å²) in [6.45, 7) is 1.21. The molecule has 0 spiro atoms. The summed E-state index contributed by atoms with van der Waals surface area (Å²) in [7, 11) is 0. The van der Waals surface area contributed by atoms with Crippen LogP contribution in [0.4, 0.5) is 5.69 Å². The third kappa shape index (κ3) is 7.13. The Balaban J connectivity index is 1.94. The average molecular weight is 465 g/mol. The summed E-state index contributed by atoms with van der Waals surface area (Å²) in [6, 6.07) is 12.5. The normalized spacial score (nSPS) is 12.5. The Morgan fingerprint density at radius 2 is 1.76 bits per heavy atom. The van der Waals surface area contributed by atoms with Gasteiger partial charge in [-0.05, 0) is 0 Å². The molecule has 2 aromatic carbocycles. The number of aromatic hydroxyl groups is 1. The Morgan fingerprint density at radius 1 is 1.07 bits per heavy atom. The van der Waals surface area contributed by atoms with Crippen molar-refractivity contribution in [3.05, 3.63) is 54.1 Å². The van der Waals surface area contributed by atoms with Crippen molar-refractivity contribution >= 4 is 42.1 Å². The van der Waals surface area contributed by atoms with E-state index < -0.39 is 38.4 Å². The predicted octanol–water partition coefficient (Wildman–Crippen LogP) is 0.638. The molecule has 0 aliphatic rings. The SMILES string of the molecule is CC(=O)Nc1cc(O)ccc1[As](=O)(O)OC(=O)CC(=O)OCCc1ccccc1. The number of benzene rings is 2. The number of hydrogen-bond donors (Lipinski definition) is 3. The second-order valence-electron chi connectivity index (χ2n) is 6.00. The minimum atomic E-state index is -5.46. The summed E-state index contributed by atoms with van der Waals surface area (Å²) in [5.41, 5.74) is 0.782. The van der Waals surface area contributed by atoms with Gasteiger partial charge in [-0.2, -0.15) is 0 Å². The molecule has 9 nitrogen and oxygen atoms in total. The molecule has 0 aliphatic heterocycles. The number of amides is 1. The maximum absolute atomic E-state index is 12.5. The number of carbonyl (C=O) groups excluding carboxylic acids is 3. The first-order valence-corrected chi connectivity index (χ1v) is 11.8. The molecule has 0 heterocycles. The maximum atomic E-state index is 12.5. The van der Waals surface area contributed by atoms with Gasteiger partial charge in [-0.15, -0.1) is 0 Å². The van der Waals surface area contributed by atoms with Crippen molar-refractivity contribution in [2.75, 3.05) is 11.9 Å². The van der Waals surface area contributed by atoms with Gasteiger partial charge >= 0.3 is 169 Å². The molecule has 1 amide bonds. The molecule has 0 saturated carbocycles. The zero-order chi connectivity index (χ0) is 21.4. The molecule has 0 bridgehead atoms. The second-order valence-corrected chi connectivity index (χ2v) is 9.58. The monoisotopic (exact) mass is 465 g/mol. The van der Waals surface area contributed by atoms with E-state index in [1.165, 1.54) is 6.92 Å². The number of anilines is 1. The molecule has 154 valence electrons. The molecule has 2 rings (SSSR count). The fraction of sp³-hybridized carbons (Fsp3) is 0.211. The zero-order valence-electron chi connectivity index (χ0n) is 15.5. The van der Waals surface area contributed by atoms with Gasteiger partial charge < -0.3 is 0 Å². The first-order chi connectivity index (χ1) is 13.7. The van der Waals surface area contributed by atoms with E-state index in [0.717, 1.165) is 23.8 Å². The summed E-state index contributed by atoms with van der Waals surface area (Å²) in [6.07, 6.45) is -0.383. The third-order valence-corrected chi connectivity index (χ3v) is 6.65. The van der Waals surface area contributed by atoms with Gasteiger partial charge in [0.25, 0.3) is 0 Å². The van der Waals surface area contributed by atoms with E-state index in [2.05, 4.69) is 9.04 Å². The number of rotatable bonds is 8. The van der Waals surface area contributed by atoms with Gasteiger partial charge in [-0.25, -0.2) is 0 Å². The standard InChI is InChI=1S/C19H20AsNO8/c1-13(22)21-17-11-15(23)7-8-16(17)20(26,27)29-19(25)12-18(24)28-10-9-14-5-3-2-4-6-14/h2-8,11,23H,9-10,12H2,1H3,(H,21,22)(H,26,27). The molecule has 0 saturated heterocycles. The van der Waals surface area contributed by atoms with Gasteiger partial charge in [-0.3, -0.25) is 0 Å². The molecule has 0 radical (unpaired) electrons. The number of phenols is 1. The van der Waals surface area contributed by atoms with E-state index in [1.807, 2.05) is 30.3 Å². The number of nitrogens with one attached hydrogen (secondary N) is 1. The van der Waals surface area contributed by atoms with Crippen molar-refractivity contribution in [3.8, 4) is 5.75 Å². The Morgan fingerprint density at radius 3 is 2.41 bits per heavy atom. The quantitative estimate of drug-likeness (QED) is 0.293. The van der Waals surface area contributed by atoms with Crippen molar-refractivity contribution in [1.29, 1.82) is 0 Å². The van der Waals surface area contributed by atoms with Crippen LogP contribution in [-0.4, -0.2) is 47.8 Å². The average Bonchev–Trinajstić information content (AvgIpc) is 2.61. The summed E-state index contributed by atoms with van der Waals surface area (Å²) in [5, 5.41) is 11.8. The van der Waals surface area contributed by atoms with Crippen LogP contribution >= 0.6 is 0 Å². The van der Waals surface area contributed by atoms with Crippen molar-refractivity contribution in [2.45, 2.75) is 19.8 Å². The summed E-state index contributed by atoms with van der Waals surface area (Å²) >= 11 is -5.46. The van der Waals surface area contributed by atoms with Crippen LogP contribution in [0.2, 0.25) is 0 Å². The molecule has 0 aliphatic carbocycles. The fourth-order valence-electron chi connectivity index (χ4n) is 2.38. The van der Waals surface area contributed by atoms with Crippen molar-refractivity contribution < 1.29 is 35.8 Å². The van der Waals surface area contributed by atoms with Crippen LogP contribution in [0.25, 0.3) is 0 Å². The van der Waals surface area contributed by atoms with Crippen molar-refractivity contribution in [3.63, 3.8) is 0 Å². The van der Waals surface area contributed by atoms with Gasteiger partial charge in [0.05, 0.1) is 0 Å². The van der Waals surface area contributed by atoms with Crippen LogP contribution in [0.3, 0.4) is 0 Å². The number of esters is 1. The topological polar surface area (TPSA) is 139 Å². The van der Waals surface area contributed by atoms with Gasteiger partial charge in [0.15, 0.2) is 0 Å². The zero-order valence-corrected chi connectivity index (χ0v) is 17.4. The van der Waals surface area contributed by atoms with E-state index in [0.29, 0.717) is 6.42 Å². The number of ether oxygens (including phenoxy) is 1. The first-order valence-electron chi connectivity index (χ1n) is 8.53. The van der Waals surface area contributed by atoms with Crippen LogP contribution in [0.1, 0.15) is 18.9 Å². The van der Waals surface area contributed by atoms with Gasteiger partial charge in [0.2, 0.25) is 0 Å². The molecule has 3 N–H and O–H groups in total. The number of hydrogen-bond acceptors (Lipinski definition) is 7. The Kier molecular flexibility index (Phi) is 7.64. The molecule has 29 heavy (non-hydrogen) atoms. The van der Waals surface area contributed by atoms with Crippen LogP contribution < -0.4 is 9.67 Å². The second kappa shape index (κ2) is 9.95. The molecular formula is C19H20AsNO8. The van der Waals surface area contributed by atoms with Gasteiger partial charge in [-0.1, -0.05) is 0 Å². The van der Waals surface area contributed by atoms with Crippen LogP contribution in [0.15, 0.2) is 48.5 Å². The van der Waals surface area contributed by atoms with Crippen LogP contribution in [-0.2, 0) is 33.0 Å². The molecular weight excluding hydrogens is 445 g/mol. The minimum absolute atomic E-state index is 0.0442. The van der Waals surface area contributed by atoms with E-state index in [9.17, 15) is 27.3 Å². The summed E-state index contributed by atoms with van der Waals surface area (Å²) in [5.74, 6) is -2.95. The summed E-state index contributed by atoms with van der Waals surface area (Å²) < 4.78 is 31.9. The van der Waals surface area contributed by atoms with E-state index in [1.54, 1.807) is 0 Å². The Labute approximate surface area is 169 Å². The molecule has 10 heteroatoms. The van der Waals surface area contributed by atoms with Gasteiger partial charge in [0, 0.05) is 0 Å². The number of phenolic OH excluding ortho intramolecular Hbond substituents is 1. The van der Waals surface area contributed by atoms with Crippen molar-refractivity contribution in [1.82, 2.24) is 0 Å². The van der Waals surface area contributed by atoms with Crippen molar-refractivity contribution in [2.24, 2.45) is 0 Å². The molecule has 1 unspecified atom stereocenters. The van der Waals surface area contributed by atoms with Gasteiger partial charge in [0.1, 0.15) is 0 Å². The van der Waals surface area contributed by atoms with Crippen LogP contribution in [0, 0.1) is 0 Å². The molecule has 2 aromatic rings. The summed E-state index contributed by atoms with van der Waals surface area (Å²) in [4.78, 5) is 34.9.